The van der Waals surface area contributed by atoms with Crippen LogP contribution in [0, 0.1) is 0 Å². The molecule has 0 aliphatic carbocycles. The maximum atomic E-state index is 12.1. The fourth-order valence-corrected chi connectivity index (χ4v) is 2.39. The van der Waals surface area contributed by atoms with Crippen LogP contribution in [0.1, 0.15) is 23.7 Å². The van der Waals surface area contributed by atoms with Crippen molar-refractivity contribution in [3.63, 3.8) is 0 Å². The van der Waals surface area contributed by atoms with E-state index >= 15 is 0 Å². The number of carbonyl (C=O) groups excluding carboxylic acids is 1. The molecule has 0 radical (unpaired) electrons. The molecule has 6 heteroatoms. The fraction of sp³-hybridized carbons (Fsp3) is 0.500. The number of nitrogens with one attached hydrogen (secondary N) is 2. The number of anilines is 1. The number of hydrogen-bond acceptors (Lipinski definition) is 4. The number of pyridine rings is 1. The van der Waals surface area contributed by atoms with E-state index in [0.717, 1.165) is 12.2 Å². The Bertz CT molecular complexity index is 414. The van der Waals surface area contributed by atoms with Crippen LogP contribution in [-0.2, 0) is 0 Å². The van der Waals surface area contributed by atoms with E-state index in [4.69, 9.17) is 11.6 Å². The minimum atomic E-state index is -0.153. The van der Waals surface area contributed by atoms with Crippen LogP contribution < -0.4 is 10.6 Å². The number of nitrogens with zero attached hydrogens (tertiary/aromatic N) is 1. The fourth-order valence-electron chi connectivity index (χ4n) is 1.48. The molecule has 1 atom stereocenters. The van der Waals surface area contributed by atoms with Gasteiger partial charge < -0.3 is 10.6 Å². The standard InChI is InChI=1S/C12H18ClN3OS/c1-4-8(7-18-3)16-12(17)9-5-11(14-2)15-6-10(9)13/h5-6,8H,4,7H2,1-3H3,(H,14,15)(H,16,17). The molecule has 0 aliphatic rings. The van der Waals surface area contributed by atoms with E-state index in [-0.39, 0.29) is 11.9 Å². The topological polar surface area (TPSA) is 54.0 Å². The molecule has 1 aromatic heterocycles. The Hall–Kier alpha value is -0.940. The van der Waals surface area contributed by atoms with Crippen LogP contribution in [0.2, 0.25) is 5.02 Å². The van der Waals surface area contributed by atoms with E-state index < -0.39 is 0 Å². The van der Waals surface area contributed by atoms with Crippen molar-refractivity contribution in [2.24, 2.45) is 0 Å². The van der Waals surface area contributed by atoms with E-state index in [2.05, 4.69) is 15.6 Å². The predicted molar refractivity (Wildman–Crippen MR) is 78.7 cm³/mol. The highest BCUT2D eigenvalue weighted by molar-refractivity contribution is 7.98. The molecule has 1 aromatic rings. The van der Waals surface area contributed by atoms with Crippen LogP contribution in [0.3, 0.4) is 0 Å². The predicted octanol–water partition coefficient (Wildman–Crippen LogP) is 2.65. The molecule has 0 saturated heterocycles. The average Bonchev–Trinajstić information content (AvgIpc) is 2.38. The third-order valence-electron chi connectivity index (χ3n) is 2.55. The molecule has 0 bridgehead atoms. The summed E-state index contributed by atoms with van der Waals surface area (Å²) in [4.78, 5) is 16.2. The Balaban J connectivity index is 2.82. The molecule has 0 saturated carbocycles. The van der Waals surface area contributed by atoms with Crippen LogP contribution >= 0.6 is 23.4 Å². The lowest BCUT2D eigenvalue weighted by molar-refractivity contribution is 0.0940. The Morgan fingerprint density at radius 2 is 2.33 bits per heavy atom. The van der Waals surface area contributed by atoms with Gasteiger partial charge in [-0.25, -0.2) is 4.98 Å². The third-order valence-corrected chi connectivity index (χ3v) is 3.59. The van der Waals surface area contributed by atoms with Crippen molar-refractivity contribution in [1.82, 2.24) is 10.3 Å². The smallest absolute Gasteiger partial charge is 0.253 e. The Morgan fingerprint density at radius 1 is 1.61 bits per heavy atom. The second-order valence-electron chi connectivity index (χ2n) is 3.83. The van der Waals surface area contributed by atoms with E-state index in [9.17, 15) is 4.79 Å². The quantitative estimate of drug-likeness (QED) is 0.845. The molecule has 4 nitrogen and oxygen atoms in total. The lowest BCUT2D eigenvalue weighted by atomic mass is 10.2. The van der Waals surface area contributed by atoms with Gasteiger partial charge >= 0.3 is 0 Å². The number of hydrogen-bond donors (Lipinski definition) is 2. The zero-order valence-corrected chi connectivity index (χ0v) is 12.4. The van der Waals surface area contributed by atoms with E-state index in [0.29, 0.717) is 16.4 Å². The maximum Gasteiger partial charge on any atom is 0.253 e. The number of halogens is 1. The summed E-state index contributed by atoms with van der Waals surface area (Å²) >= 11 is 7.71. The molecule has 2 N–H and O–H groups in total. The van der Waals surface area contributed by atoms with Crippen LogP contribution in [-0.4, -0.2) is 36.0 Å². The summed E-state index contributed by atoms with van der Waals surface area (Å²) in [7, 11) is 1.75. The SMILES string of the molecule is CCC(CSC)NC(=O)c1cc(NC)ncc1Cl. The van der Waals surface area contributed by atoms with Gasteiger partial charge in [0.25, 0.3) is 5.91 Å². The summed E-state index contributed by atoms with van der Waals surface area (Å²) in [6.07, 6.45) is 4.40. The van der Waals surface area contributed by atoms with Crippen molar-refractivity contribution in [3.05, 3.63) is 22.8 Å². The van der Waals surface area contributed by atoms with Crippen molar-refractivity contribution >= 4 is 35.1 Å². The monoisotopic (exact) mass is 287 g/mol. The van der Waals surface area contributed by atoms with Crippen molar-refractivity contribution in [3.8, 4) is 0 Å². The normalized spacial score (nSPS) is 12.0. The van der Waals surface area contributed by atoms with Gasteiger partial charge in [0.1, 0.15) is 5.82 Å². The second kappa shape index (κ2) is 7.48. The van der Waals surface area contributed by atoms with Gasteiger partial charge in [0, 0.05) is 25.0 Å². The zero-order chi connectivity index (χ0) is 13.5. The highest BCUT2D eigenvalue weighted by Crippen LogP contribution is 2.18. The van der Waals surface area contributed by atoms with E-state index in [1.807, 2.05) is 13.2 Å². The minimum Gasteiger partial charge on any atom is -0.373 e. The highest BCUT2D eigenvalue weighted by Gasteiger charge is 2.15. The molecule has 1 amide bonds. The van der Waals surface area contributed by atoms with Crippen LogP contribution in [0.4, 0.5) is 5.82 Å². The number of amides is 1. The van der Waals surface area contributed by atoms with Crippen molar-refractivity contribution in [1.29, 1.82) is 0 Å². The molecule has 0 spiro atoms. The molecular weight excluding hydrogens is 270 g/mol. The largest absolute Gasteiger partial charge is 0.373 e. The summed E-state index contributed by atoms with van der Waals surface area (Å²) < 4.78 is 0. The molecule has 1 rings (SSSR count). The average molecular weight is 288 g/mol. The van der Waals surface area contributed by atoms with E-state index in [1.54, 1.807) is 24.9 Å². The first kappa shape index (κ1) is 15.1. The molecule has 0 fully saturated rings. The van der Waals surface area contributed by atoms with Crippen molar-refractivity contribution in [2.75, 3.05) is 24.4 Å². The summed E-state index contributed by atoms with van der Waals surface area (Å²) in [5.41, 5.74) is 0.454. The summed E-state index contributed by atoms with van der Waals surface area (Å²) in [6, 6.07) is 1.82. The first-order chi connectivity index (χ1) is 8.62. The summed E-state index contributed by atoms with van der Waals surface area (Å²) in [5.74, 6) is 1.37. The molecule has 1 heterocycles. The molecular formula is C12H18ClN3OS. The summed E-state index contributed by atoms with van der Waals surface area (Å²) in [5, 5.41) is 6.23. The van der Waals surface area contributed by atoms with Crippen LogP contribution in [0.5, 0.6) is 0 Å². The molecule has 1 unspecified atom stereocenters. The van der Waals surface area contributed by atoms with Gasteiger partial charge in [-0.3, -0.25) is 4.79 Å². The number of rotatable bonds is 6. The van der Waals surface area contributed by atoms with Gasteiger partial charge in [-0.2, -0.15) is 11.8 Å². The second-order valence-corrected chi connectivity index (χ2v) is 5.15. The Kier molecular flexibility index (Phi) is 6.29. The Labute approximate surface area is 117 Å². The Morgan fingerprint density at radius 3 is 2.89 bits per heavy atom. The van der Waals surface area contributed by atoms with Crippen LogP contribution in [0.25, 0.3) is 0 Å². The lowest BCUT2D eigenvalue weighted by Gasteiger charge is -2.16. The van der Waals surface area contributed by atoms with Gasteiger partial charge in [0.05, 0.1) is 10.6 Å². The number of carbonyl (C=O) groups is 1. The molecule has 18 heavy (non-hydrogen) atoms. The highest BCUT2D eigenvalue weighted by atomic mass is 35.5. The van der Waals surface area contributed by atoms with Gasteiger partial charge in [0.15, 0.2) is 0 Å². The molecule has 0 aliphatic heterocycles. The molecule has 100 valence electrons. The van der Waals surface area contributed by atoms with Gasteiger partial charge in [-0.15, -0.1) is 0 Å². The first-order valence-electron chi connectivity index (χ1n) is 5.75. The van der Waals surface area contributed by atoms with Gasteiger partial charge in [-0.05, 0) is 18.7 Å². The van der Waals surface area contributed by atoms with Crippen molar-refractivity contribution < 1.29 is 4.79 Å². The minimum absolute atomic E-state index is 0.153. The third kappa shape index (κ3) is 4.07. The van der Waals surface area contributed by atoms with Crippen LogP contribution in [0.15, 0.2) is 12.3 Å². The number of thioether (sulfide) groups is 1. The maximum absolute atomic E-state index is 12.1. The van der Waals surface area contributed by atoms with Gasteiger partial charge in [-0.1, -0.05) is 18.5 Å². The van der Waals surface area contributed by atoms with E-state index in [1.165, 1.54) is 6.20 Å². The number of aromatic nitrogens is 1. The lowest BCUT2D eigenvalue weighted by Crippen LogP contribution is -2.36. The summed E-state index contributed by atoms with van der Waals surface area (Å²) in [6.45, 7) is 2.05. The van der Waals surface area contributed by atoms with Gasteiger partial charge in [0.2, 0.25) is 0 Å². The first-order valence-corrected chi connectivity index (χ1v) is 7.52. The zero-order valence-electron chi connectivity index (χ0n) is 10.8. The molecule has 0 aromatic carbocycles. The van der Waals surface area contributed by atoms with Crippen molar-refractivity contribution in [2.45, 2.75) is 19.4 Å².